The second kappa shape index (κ2) is 3.72. The maximum Gasteiger partial charge on any atom is 0.161 e. The van der Waals surface area contributed by atoms with Crippen LogP contribution in [0.3, 0.4) is 0 Å². The number of ketones is 1. The van der Waals surface area contributed by atoms with E-state index in [2.05, 4.69) is 21.2 Å². The number of para-hydroxylation sites is 1. The molecule has 0 aliphatic rings. The lowest BCUT2D eigenvalue weighted by Gasteiger charge is -2.07. The molecule has 1 N–H and O–H groups in total. The van der Waals surface area contributed by atoms with Gasteiger partial charge in [-0.2, -0.15) is 0 Å². The fourth-order valence-electron chi connectivity index (χ4n) is 1.07. The van der Waals surface area contributed by atoms with Crippen molar-refractivity contribution >= 4 is 27.4 Å². The van der Waals surface area contributed by atoms with Crippen molar-refractivity contribution < 1.29 is 4.79 Å². The zero-order valence-electron chi connectivity index (χ0n) is 7.02. The van der Waals surface area contributed by atoms with E-state index < -0.39 is 0 Å². The highest BCUT2D eigenvalue weighted by Gasteiger charge is 2.07. The summed E-state index contributed by atoms with van der Waals surface area (Å²) >= 11 is 3.36. The summed E-state index contributed by atoms with van der Waals surface area (Å²) in [5.41, 5.74) is 1.57. The fourth-order valence-corrected chi connectivity index (χ4v) is 1.64. The molecule has 0 atom stereocenters. The molecule has 0 spiro atoms. The van der Waals surface area contributed by atoms with E-state index in [4.69, 9.17) is 0 Å². The summed E-state index contributed by atoms with van der Waals surface area (Å²) in [6.07, 6.45) is 0. The lowest BCUT2D eigenvalue weighted by atomic mass is 10.1. The smallest absolute Gasteiger partial charge is 0.161 e. The third-order valence-electron chi connectivity index (χ3n) is 1.64. The molecule has 1 aromatic rings. The van der Waals surface area contributed by atoms with Crippen LogP contribution in [0.15, 0.2) is 22.7 Å². The van der Waals surface area contributed by atoms with Gasteiger partial charge in [-0.25, -0.2) is 0 Å². The van der Waals surface area contributed by atoms with Gasteiger partial charge in [0.1, 0.15) is 0 Å². The largest absolute Gasteiger partial charge is 0.387 e. The molecule has 3 heteroatoms. The van der Waals surface area contributed by atoms with Gasteiger partial charge in [0.15, 0.2) is 5.78 Å². The van der Waals surface area contributed by atoms with Crippen LogP contribution in [-0.2, 0) is 0 Å². The third kappa shape index (κ3) is 1.67. The van der Waals surface area contributed by atoms with E-state index in [-0.39, 0.29) is 5.78 Å². The van der Waals surface area contributed by atoms with Crippen LogP contribution >= 0.6 is 15.9 Å². The quantitative estimate of drug-likeness (QED) is 0.788. The van der Waals surface area contributed by atoms with Crippen LogP contribution in [0.4, 0.5) is 5.69 Å². The van der Waals surface area contributed by atoms with Crippen LogP contribution in [-0.4, -0.2) is 12.8 Å². The third-order valence-corrected chi connectivity index (χ3v) is 2.30. The Morgan fingerprint density at radius 2 is 2.17 bits per heavy atom. The summed E-state index contributed by atoms with van der Waals surface area (Å²) in [5, 5.41) is 2.98. The predicted molar refractivity (Wildman–Crippen MR) is 53.7 cm³/mol. The normalized spacial score (nSPS) is 9.58. The minimum absolute atomic E-state index is 0.0700. The molecule has 2 nitrogen and oxygen atoms in total. The Hall–Kier alpha value is -0.830. The van der Waals surface area contributed by atoms with Gasteiger partial charge in [-0.3, -0.25) is 4.79 Å². The van der Waals surface area contributed by atoms with Gasteiger partial charge in [-0.05, 0) is 35.0 Å². The van der Waals surface area contributed by atoms with Crippen molar-refractivity contribution in [3.8, 4) is 0 Å². The highest BCUT2D eigenvalue weighted by atomic mass is 79.9. The molecule has 0 bridgehead atoms. The zero-order chi connectivity index (χ0) is 9.14. The number of hydrogen-bond acceptors (Lipinski definition) is 2. The number of hydrogen-bond donors (Lipinski definition) is 1. The van der Waals surface area contributed by atoms with Crippen molar-refractivity contribution in [2.45, 2.75) is 6.92 Å². The summed E-state index contributed by atoms with van der Waals surface area (Å²) in [6, 6.07) is 5.55. The topological polar surface area (TPSA) is 29.1 Å². The van der Waals surface area contributed by atoms with Crippen LogP contribution in [0.5, 0.6) is 0 Å². The van der Waals surface area contributed by atoms with E-state index in [1.54, 1.807) is 20.0 Å². The SMILES string of the molecule is CNc1c(Br)cccc1C(C)=O. The Balaban J connectivity index is 3.27. The number of halogens is 1. The van der Waals surface area contributed by atoms with Crippen LogP contribution in [0.2, 0.25) is 0 Å². The molecule has 1 rings (SSSR count). The predicted octanol–water partition coefficient (Wildman–Crippen LogP) is 2.69. The van der Waals surface area contributed by atoms with Gasteiger partial charge in [0.2, 0.25) is 0 Å². The second-order valence-electron chi connectivity index (χ2n) is 2.47. The molecular formula is C9H10BrNO. The lowest BCUT2D eigenvalue weighted by Crippen LogP contribution is -2.00. The molecule has 12 heavy (non-hydrogen) atoms. The van der Waals surface area contributed by atoms with Crippen molar-refractivity contribution in [2.24, 2.45) is 0 Å². The molecule has 0 saturated carbocycles. The van der Waals surface area contributed by atoms with Gasteiger partial charge in [0.05, 0.1) is 5.69 Å². The molecule has 1 aromatic carbocycles. The van der Waals surface area contributed by atoms with Crippen LogP contribution in [0.1, 0.15) is 17.3 Å². The van der Waals surface area contributed by atoms with Gasteiger partial charge in [-0.15, -0.1) is 0 Å². The summed E-state index contributed by atoms with van der Waals surface area (Å²) in [5.74, 6) is 0.0700. The molecule has 0 amide bonds. The average molecular weight is 228 g/mol. The van der Waals surface area contributed by atoms with Crippen LogP contribution in [0.25, 0.3) is 0 Å². The summed E-state index contributed by atoms with van der Waals surface area (Å²) in [7, 11) is 1.80. The molecule has 0 radical (unpaired) electrons. The molecule has 0 aliphatic heterocycles. The molecule has 0 aliphatic carbocycles. The number of carbonyl (C=O) groups excluding carboxylic acids is 1. The van der Waals surface area contributed by atoms with Gasteiger partial charge in [0, 0.05) is 17.1 Å². The Labute approximate surface area is 80.1 Å². The van der Waals surface area contributed by atoms with E-state index in [0.29, 0.717) is 5.56 Å². The van der Waals surface area contributed by atoms with Gasteiger partial charge in [0.25, 0.3) is 0 Å². The fraction of sp³-hybridized carbons (Fsp3) is 0.222. The number of nitrogens with one attached hydrogen (secondary N) is 1. The Morgan fingerprint density at radius 3 is 2.58 bits per heavy atom. The molecule has 64 valence electrons. The van der Waals surface area contributed by atoms with Crippen molar-refractivity contribution in [3.63, 3.8) is 0 Å². The number of Topliss-reactive ketones (excluding diaryl/α,β-unsaturated/α-hetero) is 1. The van der Waals surface area contributed by atoms with Gasteiger partial charge >= 0.3 is 0 Å². The highest BCUT2D eigenvalue weighted by Crippen LogP contribution is 2.25. The van der Waals surface area contributed by atoms with E-state index >= 15 is 0 Å². The minimum Gasteiger partial charge on any atom is -0.387 e. The molecule has 0 unspecified atom stereocenters. The van der Waals surface area contributed by atoms with E-state index in [1.807, 2.05) is 12.1 Å². The standard InChI is InChI=1S/C9H10BrNO/c1-6(12)7-4-3-5-8(10)9(7)11-2/h3-5,11H,1-2H3. The first-order chi connectivity index (χ1) is 5.66. The zero-order valence-corrected chi connectivity index (χ0v) is 8.60. The van der Waals surface area contributed by atoms with Crippen molar-refractivity contribution in [1.82, 2.24) is 0 Å². The first-order valence-corrected chi connectivity index (χ1v) is 4.43. The van der Waals surface area contributed by atoms with Crippen molar-refractivity contribution in [2.75, 3.05) is 12.4 Å². The monoisotopic (exact) mass is 227 g/mol. The average Bonchev–Trinajstić information content (AvgIpc) is 2.03. The summed E-state index contributed by atoms with van der Waals surface area (Å²) in [6.45, 7) is 1.56. The molecule has 0 heterocycles. The molecule has 0 aromatic heterocycles. The Bertz CT molecular complexity index is 309. The van der Waals surface area contributed by atoms with Crippen LogP contribution < -0.4 is 5.32 Å². The van der Waals surface area contributed by atoms with E-state index in [0.717, 1.165) is 10.2 Å². The van der Waals surface area contributed by atoms with Gasteiger partial charge in [-0.1, -0.05) is 6.07 Å². The van der Waals surface area contributed by atoms with Crippen molar-refractivity contribution in [3.05, 3.63) is 28.2 Å². The Kier molecular flexibility index (Phi) is 2.87. The Morgan fingerprint density at radius 1 is 1.50 bits per heavy atom. The van der Waals surface area contributed by atoms with E-state index in [1.165, 1.54) is 0 Å². The van der Waals surface area contributed by atoms with Crippen molar-refractivity contribution in [1.29, 1.82) is 0 Å². The number of benzene rings is 1. The van der Waals surface area contributed by atoms with Crippen LogP contribution in [0, 0.1) is 0 Å². The highest BCUT2D eigenvalue weighted by molar-refractivity contribution is 9.10. The number of rotatable bonds is 2. The maximum atomic E-state index is 11.1. The molecular weight excluding hydrogens is 218 g/mol. The number of carbonyl (C=O) groups is 1. The summed E-state index contributed by atoms with van der Waals surface area (Å²) in [4.78, 5) is 11.1. The minimum atomic E-state index is 0.0700. The molecule has 0 saturated heterocycles. The van der Waals surface area contributed by atoms with E-state index in [9.17, 15) is 4.79 Å². The molecule has 0 fully saturated rings. The first-order valence-electron chi connectivity index (χ1n) is 3.64. The van der Waals surface area contributed by atoms with Gasteiger partial charge < -0.3 is 5.32 Å². The lowest BCUT2D eigenvalue weighted by molar-refractivity contribution is 0.101. The second-order valence-corrected chi connectivity index (χ2v) is 3.32. The first kappa shape index (κ1) is 9.26. The number of anilines is 1. The summed E-state index contributed by atoms with van der Waals surface area (Å²) < 4.78 is 0.915. The maximum absolute atomic E-state index is 11.1.